The first kappa shape index (κ1) is 14.4. The molecule has 0 saturated carbocycles. The molecule has 20 heavy (non-hydrogen) atoms. The van der Waals surface area contributed by atoms with Gasteiger partial charge in [0.2, 0.25) is 0 Å². The van der Waals surface area contributed by atoms with E-state index >= 15 is 0 Å². The van der Waals surface area contributed by atoms with Crippen LogP contribution in [0, 0.1) is 6.92 Å². The molecule has 0 aromatic heterocycles. The largest absolute Gasteiger partial charge is 0.456 e. The standard InChI is InChI=1S/C15H17NO3S/c1-3-20(17,18)15-7-5-4-6-14(15)19-13-9-8-12(16)10-11(13)2/h4-10H,3,16H2,1-2H3. The molecule has 0 aliphatic rings. The molecule has 0 spiro atoms. The van der Waals surface area contributed by atoms with Crippen molar-refractivity contribution in [3.63, 3.8) is 0 Å². The van der Waals surface area contributed by atoms with E-state index in [0.29, 0.717) is 17.2 Å². The Balaban J connectivity index is 2.45. The summed E-state index contributed by atoms with van der Waals surface area (Å²) in [5.41, 5.74) is 7.19. The van der Waals surface area contributed by atoms with Crippen molar-refractivity contribution < 1.29 is 13.2 Å². The molecule has 0 aliphatic heterocycles. The highest BCUT2D eigenvalue weighted by Gasteiger charge is 2.18. The number of ether oxygens (including phenoxy) is 1. The lowest BCUT2D eigenvalue weighted by Crippen LogP contribution is -2.05. The summed E-state index contributed by atoms with van der Waals surface area (Å²) >= 11 is 0. The summed E-state index contributed by atoms with van der Waals surface area (Å²) in [6.07, 6.45) is 0. The monoisotopic (exact) mass is 291 g/mol. The van der Waals surface area contributed by atoms with E-state index in [1.807, 2.05) is 6.92 Å². The minimum atomic E-state index is -3.32. The van der Waals surface area contributed by atoms with Crippen molar-refractivity contribution in [3.8, 4) is 11.5 Å². The van der Waals surface area contributed by atoms with E-state index in [-0.39, 0.29) is 10.6 Å². The lowest BCUT2D eigenvalue weighted by molar-refractivity contribution is 0.464. The lowest BCUT2D eigenvalue weighted by Gasteiger charge is -2.13. The average Bonchev–Trinajstić information content (AvgIpc) is 2.42. The second kappa shape index (κ2) is 5.54. The molecule has 0 radical (unpaired) electrons. The minimum Gasteiger partial charge on any atom is -0.456 e. The predicted octanol–water partition coefficient (Wildman–Crippen LogP) is 3.16. The van der Waals surface area contributed by atoms with Crippen LogP contribution in [0.1, 0.15) is 12.5 Å². The normalized spacial score (nSPS) is 11.3. The molecule has 0 fully saturated rings. The Bertz CT molecular complexity index is 724. The molecule has 2 aromatic rings. The Hall–Kier alpha value is -2.01. The quantitative estimate of drug-likeness (QED) is 0.878. The van der Waals surface area contributed by atoms with Gasteiger partial charge in [0.1, 0.15) is 16.4 Å². The third-order valence-corrected chi connectivity index (χ3v) is 4.75. The van der Waals surface area contributed by atoms with E-state index in [0.717, 1.165) is 5.56 Å². The number of sulfone groups is 1. The maximum absolute atomic E-state index is 12.1. The van der Waals surface area contributed by atoms with Crippen LogP contribution in [-0.4, -0.2) is 14.2 Å². The van der Waals surface area contributed by atoms with Gasteiger partial charge in [0, 0.05) is 5.69 Å². The molecule has 4 nitrogen and oxygen atoms in total. The van der Waals surface area contributed by atoms with Gasteiger partial charge in [-0.2, -0.15) is 0 Å². The number of anilines is 1. The van der Waals surface area contributed by atoms with Gasteiger partial charge in [0.25, 0.3) is 0 Å². The number of benzene rings is 2. The van der Waals surface area contributed by atoms with Crippen molar-refractivity contribution in [2.24, 2.45) is 0 Å². The number of rotatable bonds is 4. The topological polar surface area (TPSA) is 69.4 Å². The maximum Gasteiger partial charge on any atom is 0.181 e. The highest BCUT2D eigenvalue weighted by atomic mass is 32.2. The van der Waals surface area contributed by atoms with Crippen molar-refractivity contribution in [1.29, 1.82) is 0 Å². The zero-order valence-electron chi connectivity index (χ0n) is 11.5. The molecular weight excluding hydrogens is 274 g/mol. The molecule has 5 heteroatoms. The van der Waals surface area contributed by atoms with Gasteiger partial charge in [0.05, 0.1) is 5.75 Å². The van der Waals surface area contributed by atoms with Gasteiger partial charge in [-0.15, -0.1) is 0 Å². The van der Waals surface area contributed by atoms with Crippen LogP contribution in [0.15, 0.2) is 47.4 Å². The van der Waals surface area contributed by atoms with Gasteiger partial charge < -0.3 is 10.5 Å². The van der Waals surface area contributed by atoms with Crippen molar-refractivity contribution in [1.82, 2.24) is 0 Å². The molecule has 0 saturated heterocycles. The molecule has 0 atom stereocenters. The van der Waals surface area contributed by atoms with Crippen LogP contribution in [0.3, 0.4) is 0 Å². The van der Waals surface area contributed by atoms with Crippen LogP contribution in [0.4, 0.5) is 5.69 Å². The molecule has 2 aromatic carbocycles. The summed E-state index contributed by atoms with van der Waals surface area (Å²) in [6.45, 7) is 3.48. The highest BCUT2D eigenvalue weighted by molar-refractivity contribution is 7.91. The predicted molar refractivity (Wildman–Crippen MR) is 79.8 cm³/mol. The molecule has 0 amide bonds. The summed E-state index contributed by atoms with van der Waals surface area (Å²) in [5, 5.41) is 0. The molecule has 0 bridgehead atoms. The number of para-hydroxylation sites is 1. The van der Waals surface area contributed by atoms with Gasteiger partial charge in [-0.05, 0) is 42.8 Å². The van der Waals surface area contributed by atoms with Crippen molar-refractivity contribution in [3.05, 3.63) is 48.0 Å². The first-order valence-electron chi connectivity index (χ1n) is 6.30. The fourth-order valence-corrected chi connectivity index (χ4v) is 2.87. The van der Waals surface area contributed by atoms with Crippen molar-refractivity contribution in [2.75, 3.05) is 11.5 Å². The van der Waals surface area contributed by atoms with Gasteiger partial charge in [-0.25, -0.2) is 8.42 Å². The van der Waals surface area contributed by atoms with Gasteiger partial charge in [0.15, 0.2) is 9.84 Å². The summed E-state index contributed by atoms with van der Waals surface area (Å²) in [6, 6.07) is 11.9. The van der Waals surface area contributed by atoms with Gasteiger partial charge >= 0.3 is 0 Å². The third kappa shape index (κ3) is 2.93. The molecule has 106 valence electrons. The SMILES string of the molecule is CCS(=O)(=O)c1ccccc1Oc1ccc(N)cc1C. The van der Waals surface area contributed by atoms with Crippen LogP contribution >= 0.6 is 0 Å². The van der Waals surface area contributed by atoms with Crippen LogP contribution in [-0.2, 0) is 9.84 Å². The molecule has 0 unspecified atom stereocenters. The van der Waals surface area contributed by atoms with E-state index in [2.05, 4.69) is 0 Å². The first-order chi connectivity index (χ1) is 9.44. The zero-order valence-corrected chi connectivity index (χ0v) is 12.3. The number of hydrogen-bond acceptors (Lipinski definition) is 4. The van der Waals surface area contributed by atoms with Crippen LogP contribution in [0.25, 0.3) is 0 Å². The molecule has 2 rings (SSSR count). The van der Waals surface area contributed by atoms with Crippen molar-refractivity contribution in [2.45, 2.75) is 18.7 Å². The fraction of sp³-hybridized carbons (Fsp3) is 0.200. The Morgan fingerprint density at radius 2 is 1.80 bits per heavy atom. The highest BCUT2D eigenvalue weighted by Crippen LogP contribution is 2.31. The summed E-state index contributed by atoms with van der Waals surface area (Å²) in [5.74, 6) is 0.967. The Morgan fingerprint density at radius 1 is 1.10 bits per heavy atom. The maximum atomic E-state index is 12.1. The smallest absolute Gasteiger partial charge is 0.181 e. The molecule has 0 heterocycles. The summed E-state index contributed by atoms with van der Waals surface area (Å²) in [4.78, 5) is 0.207. The van der Waals surface area contributed by atoms with Crippen molar-refractivity contribution >= 4 is 15.5 Å². The first-order valence-corrected chi connectivity index (χ1v) is 7.95. The number of aryl methyl sites for hydroxylation is 1. The number of nitrogen functional groups attached to an aromatic ring is 1. The van der Waals surface area contributed by atoms with Gasteiger partial charge in [-0.1, -0.05) is 19.1 Å². The Morgan fingerprint density at radius 3 is 2.45 bits per heavy atom. The fourth-order valence-electron chi connectivity index (χ4n) is 1.85. The lowest BCUT2D eigenvalue weighted by atomic mass is 10.2. The average molecular weight is 291 g/mol. The van der Waals surface area contributed by atoms with Gasteiger partial charge in [-0.3, -0.25) is 0 Å². The second-order valence-corrected chi connectivity index (χ2v) is 6.72. The van der Waals surface area contributed by atoms with Crippen LogP contribution in [0.2, 0.25) is 0 Å². The molecular formula is C15H17NO3S. The molecule has 2 N–H and O–H groups in total. The Labute approximate surface area is 119 Å². The van der Waals surface area contributed by atoms with Crippen LogP contribution < -0.4 is 10.5 Å². The zero-order chi connectivity index (χ0) is 14.8. The van der Waals surface area contributed by atoms with E-state index in [1.165, 1.54) is 0 Å². The number of hydrogen-bond donors (Lipinski definition) is 1. The third-order valence-electron chi connectivity index (χ3n) is 2.98. The van der Waals surface area contributed by atoms with E-state index < -0.39 is 9.84 Å². The minimum absolute atomic E-state index is 0.0358. The summed E-state index contributed by atoms with van der Waals surface area (Å²) in [7, 11) is -3.32. The van der Waals surface area contributed by atoms with E-state index in [4.69, 9.17) is 10.5 Å². The number of nitrogens with two attached hydrogens (primary N) is 1. The van der Waals surface area contributed by atoms with E-state index in [1.54, 1.807) is 49.4 Å². The Kier molecular flexibility index (Phi) is 3.99. The second-order valence-electron chi connectivity index (χ2n) is 4.48. The van der Waals surface area contributed by atoms with Crippen LogP contribution in [0.5, 0.6) is 11.5 Å². The summed E-state index contributed by atoms with van der Waals surface area (Å²) < 4.78 is 29.9. The molecule has 0 aliphatic carbocycles. The van der Waals surface area contributed by atoms with E-state index in [9.17, 15) is 8.42 Å².